The molecule has 0 N–H and O–H groups in total. The molecular formula is C21H24S. The third kappa shape index (κ3) is 2.70. The molecule has 1 atom stereocenters. The smallest absolute Gasteiger partial charge is 0.0349 e. The van der Waals surface area contributed by atoms with Gasteiger partial charge in [-0.25, -0.2) is 0 Å². The zero-order valence-electron chi connectivity index (χ0n) is 13.7. The van der Waals surface area contributed by atoms with Crippen molar-refractivity contribution >= 4 is 21.4 Å². The van der Waals surface area contributed by atoms with E-state index >= 15 is 0 Å². The first-order valence-corrected chi connectivity index (χ1v) is 9.25. The van der Waals surface area contributed by atoms with Crippen molar-refractivity contribution in [3.05, 3.63) is 59.0 Å². The molecule has 1 heterocycles. The summed E-state index contributed by atoms with van der Waals surface area (Å²) in [5.74, 6) is 0.747. The lowest BCUT2D eigenvalue weighted by atomic mass is 9.88. The van der Waals surface area contributed by atoms with Crippen LogP contribution >= 0.6 is 11.3 Å². The fourth-order valence-electron chi connectivity index (χ4n) is 3.35. The number of benzene rings is 2. The molecule has 1 aliphatic carbocycles. The highest BCUT2D eigenvalue weighted by molar-refractivity contribution is 7.19. The summed E-state index contributed by atoms with van der Waals surface area (Å²) in [6.07, 6.45) is 3.96. The average molecular weight is 308 g/mol. The summed E-state index contributed by atoms with van der Waals surface area (Å²) in [5.41, 5.74) is 4.29. The van der Waals surface area contributed by atoms with Crippen LogP contribution in [0.2, 0.25) is 0 Å². The maximum Gasteiger partial charge on any atom is 0.0349 e. The van der Waals surface area contributed by atoms with Crippen LogP contribution < -0.4 is 0 Å². The highest BCUT2D eigenvalue weighted by Gasteiger charge is 2.21. The van der Waals surface area contributed by atoms with Crippen molar-refractivity contribution in [1.82, 2.24) is 0 Å². The van der Waals surface area contributed by atoms with Gasteiger partial charge in [-0.3, -0.25) is 0 Å². The highest BCUT2D eigenvalue weighted by Crippen LogP contribution is 2.43. The second-order valence-corrected chi connectivity index (χ2v) is 6.90. The molecule has 0 radical (unpaired) electrons. The number of aryl methyl sites for hydroxylation is 1. The van der Waals surface area contributed by atoms with Gasteiger partial charge in [0.2, 0.25) is 0 Å². The van der Waals surface area contributed by atoms with Gasteiger partial charge in [0.15, 0.2) is 0 Å². The van der Waals surface area contributed by atoms with Crippen LogP contribution in [0.5, 0.6) is 0 Å². The van der Waals surface area contributed by atoms with E-state index in [9.17, 15) is 0 Å². The van der Waals surface area contributed by atoms with Gasteiger partial charge in [-0.1, -0.05) is 57.2 Å². The molecule has 0 aliphatic heterocycles. The highest BCUT2D eigenvalue weighted by atomic mass is 32.1. The Morgan fingerprint density at radius 3 is 2.50 bits per heavy atom. The fraction of sp³-hybridized carbons (Fsp3) is 0.333. The molecule has 114 valence electrons. The van der Waals surface area contributed by atoms with Gasteiger partial charge >= 0.3 is 0 Å². The maximum absolute atomic E-state index is 2.40. The first-order chi connectivity index (χ1) is 10.8. The monoisotopic (exact) mass is 308 g/mol. The predicted octanol–water partition coefficient (Wildman–Crippen LogP) is 7.03. The number of rotatable bonds is 1. The molecule has 2 aromatic carbocycles. The van der Waals surface area contributed by atoms with E-state index in [2.05, 4.69) is 55.5 Å². The number of hydrogen-bond donors (Lipinski definition) is 0. The summed E-state index contributed by atoms with van der Waals surface area (Å²) >= 11 is 2.01. The van der Waals surface area contributed by atoms with Gasteiger partial charge in [0.25, 0.3) is 0 Å². The molecule has 0 nitrogen and oxygen atoms in total. The van der Waals surface area contributed by atoms with E-state index in [0.717, 1.165) is 5.92 Å². The topological polar surface area (TPSA) is 0 Å². The van der Waals surface area contributed by atoms with Crippen LogP contribution in [0.4, 0.5) is 0 Å². The molecular weight excluding hydrogens is 284 g/mol. The third-order valence-electron chi connectivity index (χ3n) is 4.44. The summed E-state index contributed by atoms with van der Waals surface area (Å²) in [4.78, 5) is 1.64. The Balaban J connectivity index is 0.000000693. The van der Waals surface area contributed by atoms with E-state index in [1.54, 1.807) is 10.4 Å². The second-order valence-electron chi connectivity index (χ2n) is 5.82. The largest absolute Gasteiger partial charge is 0.140 e. The van der Waals surface area contributed by atoms with E-state index in [-0.39, 0.29) is 0 Å². The molecule has 0 bridgehead atoms. The van der Waals surface area contributed by atoms with Gasteiger partial charge in [0.1, 0.15) is 0 Å². The van der Waals surface area contributed by atoms with Crippen molar-refractivity contribution in [2.45, 2.75) is 46.0 Å². The van der Waals surface area contributed by atoms with Gasteiger partial charge in [-0.15, -0.1) is 11.3 Å². The van der Waals surface area contributed by atoms with Gasteiger partial charge in [0.05, 0.1) is 0 Å². The lowest BCUT2D eigenvalue weighted by molar-refractivity contribution is 0.604. The molecule has 0 saturated heterocycles. The molecule has 4 rings (SSSR count). The predicted molar refractivity (Wildman–Crippen MR) is 100.0 cm³/mol. The Morgan fingerprint density at radius 1 is 0.955 bits per heavy atom. The normalized spacial score (nSPS) is 16.8. The van der Waals surface area contributed by atoms with Crippen LogP contribution in [0.1, 0.15) is 50.0 Å². The molecule has 0 fully saturated rings. The standard InChI is InChI=1S/C19H18S.C2H6/c1-13-6-5-9-16-17-12-15(14-7-3-2-4-8-14)10-11-18(17)20-19(13)16;1-2/h2-4,7-8,10-13H,5-6,9H2,1H3;1-2H3. The van der Waals surface area contributed by atoms with Crippen LogP contribution in [0.15, 0.2) is 48.5 Å². The van der Waals surface area contributed by atoms with E-state index in [1.807, 2.05) is 25.2 Å². The van der Waals surface area contributed by atoms with Crippen molar-refractivity contribution in [1.29, 1.82) is 0 Å². The van der Waals surface area contributed by atoms with Crippen LogP contribution in [-0.4, -0.2) is 0 Å². The molecule has 1 heteroatoms. The minimum absolute atomic E-state index is 0.747. The molecule has 0 saturated carbocycles. The van der Waals surface area contributed by atoms with Gasteiger partial charge in [-0.05, 0) is 59.4 Å². The third-order valence-corrected chi connectivity index (χ3v) is 5.89. The fourth-order valence-corrected chi connectivity index (χ4v) is 4.67. The Hall–Kier alpha value is -1.60. The average Bonchev–Trinajstić information content (AvgIpc) is 2.97. The summed E-state index contributed by atoms with van der Waals surface area (Å²) in [6.45, 7) is 6.38. The van der Waals surface area contributed by atoms with Crippen molar-refractivity contribution in [3.63, 3.8) is 0 Å². The number of hydrogen-bond acceptors (Lipinski definition) is 1. The van der Waals surface area contributed by atoms with Gasteiger partial charge in [0, 0.05) is 9.58 Å². The van der Waals surface area contributed by atoms with E-state index < -0.39 is 0 Å². The van der Waals surface area contributed by atoms with Crippen LogP contribution in [-0.2, 0) is 6.42 Å². The van der Waals surface area contributed by atoms with E-state index in [0.29, 0.717) is 0 Å². The summed E-state index contributed by atoms with van der Waals surface area (Å²) in [7, 11) is 0. The molecule has 1 unspecified atom stereocenters. The van der Waals surface area contributed by atoms with Crippen LogP contribution in [0.3, 0.4) is 0 Å². The Bertz CT molecular complexity index is 752. The minimum atomic E-state index is 0.747. The zero-order chi connectivity index (χ0) is 15.5. The van der Waals surface area contributed by atoms with Gasteiger partial charge in [-0.2, -0.15) is 0 Å². The lowest BCUT2D eigenvalue weighted by Gasteiger charge is -2.18. The Kier molecular flexibility index (Phi) is 4.63. The lowest BCUT2D eigenvalue weighted by Crippen LogP contribution is -2.02. The number of fused-ring (bicyclic) bond motifs is 3. The van der Waals surface area contributed by atoms with Gasteiger partial charge < -0.3 is 0 Å². The second kappa shape index (κ2) is 6.66. The molecule has 0 spiro atoms. The van der Waals surface area contributed by atoms with Crippen molar-refractivity contribution in [3.8, 4) is 11.1 Å². The quantitative estimate of drug-likeness (QED) is 0.452. The molecule has 0 amide bonds. The van der Waals surface area contributed by atoms with Crippen molar-refractivity contribution in [2.24, 2.45) is 0 Å². The molecule has 1 aliphatic rings. The summed E-state index contributed by atoms with van der Waals surface area (Å²) < 4.78 is 1.46. The minimum Gasteiger partial charge on any atom is -0.140 e. The molecule has 3 aromatic rings. The van der Waals surface area contributed by atoms with Crippen LogP contribution in [0.25, 0.3) is 21.2 Å². The molecule has 22 heavy (non-hydrogen) atoms. The first kappa shape index (κ1) is 15.3. The molecule has 1 aromatic heterocycles. The van der Waals surface area contributed by atoms with E-state index in [1.165, 1.54) is 40.5 Å². The zero-order valence-corrected chi connectivity index (χ0v) is 14.5. The Labute approximate surface area is 137 Å². The first-order valence-electron chi connectivity index (χ1n) is 8.43. The maximum atomic E-state index is 2.40. The summed E-state index contributed by atoms with van der Waals surface area (Å²) in [6, 6.07) is 17.7. The summed E-state index contributed by atoms with van der Waals surface area (Å²) in [5, 5.41) is 1.50. The van der Waals surface area contributed by atoms with Crippen molar-refractivity contribution < 1.29 is 0 Å². The number of thiophene rings is 1. The van der Waals surface area contributed by atoms with Crippen molar-refractivity contribution in [2.75, 3.05) is 0 Å². The SMILES string of the molecule is CC.CC1CCCc2c1sc1ccc(-c3ccccc3)cc21. The van der Waals surface area contributed by atoms with Crippen LogP contribution in [0, 0.1) is 0 Å². The van der Waals surface area contributed by atoms with E-state index in [4.69, 9.17) is 0 Å². The Morgan fingerprint density at radius 2 is 1.73 bits per heavy atom.